The average molecular weight is 371 g/mol. The fraction of sp³-hybridized carbons (Fsp3) is 0.812. The zero-order valence-corrected chi connectivity index (χ0v) is 15.7. The molecule has 3 aliphatic heterocycles. The van der Waals surface area contributed by atoms with Crippen LogP contribution in [0.3, 0.4) is 0 Å². The van der Waals surface area contributed by atoms with Gasteiger partial charge in [0.2, 0.25) is 6.41 Å². The number of piperidine rings is 1. The van der Waals surface area contributed by atoms with Crippen molar-refractivity contribution >= 4 is 18.5 Å². The SMILES string of the molecule is CC(C)(C)OC(=O)N1CCN(NC=O)CC1.O=C1N2CCCC(C2)N1O. The van der Waals surface area contributed by atoms with Crippen LogP contribution in [-0.2, 0) is 9.53 Å². The number of fused-ring (bicyclic) bond motifs is 2. The quantitative estimate of drug-likeness (QED) is 0.540. The number of carbonyl (C=O) groups is 3. The Labute approximate surface area is 153 Å². The van der Waals surface area contributed by atoms with Crippen molar-refractivity contribution in [3.05, 3.63) is 0 Å². The Morgan fingerprint density at radius 2 is 1.88 bits per heavy atom. The van der Waals surface area contributed by atoms with Gasteiger partial charge < -0.3 is 14.5 Å². The highest BCUT2D eigenvalue weighted by Gasteiger charge is 2.38. The molecule has 0 spiro atoms. The highest BCUT2D eigenvalue weighted by molar-refractivity contribution is 5.76. The molecule has 3 aliphatic rings. The first-order valence-electron chi connectivity index (χ1n) is 8.91. The first kappa shape index (κ1) is 20.2. The Kier molecular flexibility index (Phi) is 6.65. The third-order valence-corrected chi connectivity index (χ3v) is 4.38. The molecular weight excluding hydrogens is 342 g/mol. The molecule has 0 aliphatic carbocycles. The fourth-order valence-corrected chi connectivity index (χ4v) is 3.05. The highest BCUT2D eigenvalue weighted by Crippen LogP contribution is 2.22. The fourth-order valence-electron chi connectivity index (χ4n) is 3.05. The van der Waals surface area contributed by atoms with E-state index in [1.54, 1.807) is 14.8 Å². The zero-order chi connectivity index (χ0) is 19.3. The van der Waals surface area contributed by atoms with E-state index in [1.165, 1.54) is 0 Å². The van der Waals surface area contributed by atoms with Crippen LogP contribution in [-0.4, -0.2) is 94.5 Å². The van der Waals surface area contributed by atoms with E-state index in [0.717, 1.165) is 31.0 Å². The molecular formula is C16H29N5O5. The number of hydrogen-bond acceptors (Lipinski definition) is 6. The Morgan fingerprint density at radius 3 is 2.38 bits per heavy atom. The van der Waals surface area contributed by atoms with Crippen molar-refractivity contribution in [1.29, 1.82) is 0 Å². The highest BCUT2D eigenvalue weighted by atomic mass is 16.6. The van der Waals surface area contributed by atoms with Gasteiger partial charge in [-0.15, -0.1) is 0 Å². The summed E-state index contributed by atoms with van der Waals surface area (Å²) in [5, 5.41) is 11.7. The third-order valence-electron chi connectivity index (χ3n) is 4.38. The standard InChI is InChI=1S/C10H19N3O3.C6H10N2O2/c1-10(2,3)16-9(15)12-4-6-13(7-5-12)11-8-14;9-6-7-3-1-2-5(4-7)8(6)10/h8H,4-7H2,1-3H3,(H,11,14);5,10H,1-4H2. The van der Waals surface area contributed by atoms with Crippen molar-refractivity contribution in [3.63, 3.8) is 0 Å². The molecule has 1 unspecified atom stereocenters. The van der Waals surface area contributed by atoms with Gasteiger partial charge in [0.05, 0.1) is 6.04 Å². The van der Waals surface area contributed by atoms with Crippen LogP contribution in [0.15, 0.2) is 0 Å². The number of hydroxylamine groups is 2. The molecule has 0 saturated carbocycles. The van der Waals surface area contributed by atoms with Gasteiger partial charge in [-0.2, -0.15) is 0 Å². The van der Waals surface area contributed by atoms with Crippen LogP contribution in [0.25, 0.3) is 0 Å². The van der Waals surface area contributed by atoms with E-state index >= 15 is 0 Å². The second-order valence-corrected chi connectivity index (χ2v) is 7.57. The van der Waals surface area contributed by atoms with Gasteiger partial charge in [-0.3, -0.25) is 15.4 Å². The lowest BCUT2D eigenvalue weighted by Crippen LogP contribution is -2.53. The van der Waals surface area contributed by atoms with Gasteiger partial charge in [0.15, 0.2) is 0 Å². The summed E-state index contributed by atoms with van der Waals surface area (Å²) in [5.41, 5.74) is 2.10. The number of amides is 4. The number of nitrogens with one attached hydrogen (secondary N) is 1. The van der Waals surface area contributed by atoms with Gasteiger partial charge in [0.25, 0.3) is 0 Å². The van der Waals surface area contributed by atoms with Crippen molar-refractivity contribution in [2.45, 2.75) is 45.3 Å². The molecule has 1 atom stereocenters. The second-order valence-electron chi connectivity index (χ2n) is 7.57. The smallest absolute Gasteiger partial charge is 0.410 e. The molecule has 0 aromatic heterocycles. The average Bonchev–Trinajstić information content (AvgIpc) is 2.78. The molecule has 148 valence electrons. The monoisotopic (exact) mass is 371 g/mol. The Balaban J connectivity index is 0.000000206. The summed E-state index contributed by atoms with van der Waals surface area (Å²) in [5.74, 6) is 0. The maximum Gasteiger partial charge on any atom is 0.410 e. The first-order chi connectivity index (χ1) is 12.2. The van der Waals surface area contributed by atoms with Crippen LogP contribution in [0.1, 0.15) is 33.6 Å². The van der Waals surface area contributed by atoms with Gasteiger partial charge in [-0.25, -0.2) is 19.7 Å². The summed E-state index contributed by atoms with van der Waals surface area (Å²) in [6.45, 7) is 9.43. The van der Waals surface area contributed by atoms with Gasteiger partial charge >= 0.3 is 12.1 Å². The van der Waals surface area contributed by atoms with Gasteiger partial charge in [-0.1, -0.05) is 0 Å². The minimum absolute atomic E-state index is 0.0706. The Hall–Kier alpha value is -2.07. The number of nitrogens with zero attached hydrogens (tertiary/aromatic N) is 4. The summed E-state index contributed by atoms with van der Waals surface area (Å²) >= 11 is 0. The topological polar surface area (TPSA) is 106 Å². The van der Waals surface area contributed by atoms with E-state index in [0.29, 0.717) is 32.6 Å². The van der Waals surface area contributed by atoms with Crippen molar-refractivity contribution < 1.29 is 24.3 Å². The maximum absolute atomic E-state index is 11.7. The second kappa shape index (κ2) is 8.54. The van der Waals surface area contributed by atoms with E-state index in [2.05, 4.69) is 5.43 Å². The molecule has 3 rings (SSSR count). The first-order valence-corrected chi connectivity index (χ1v) is 8.91. The molecule has 2 bridgehead atoms. The van der Waals surface area contributed by atoms with Crippen LogP contribution in [0.4, 0.5) is 9.59 Å². The Morgan fingerprint density at radius 1 is 1.23 bits per heavy atom. The number of carbonyl (C=O) groups excluding carboxylic acids is 3. The summed E-state index contributed by atoms with van der Waals surface area (Å²) in [4.78, 5) is 36.2. The number of hydrogen-bond donors (Lipinski definition) is 2. The predicted octanol–water partition coefficient (Wildman–Crippen LogP) is 0.476. The molecule has 0 aromatic rings. The van der Waals surface area contributed by atoms with Crippen LogP contribution in [0.5, 0.6) is 0 Å². The van der Waals surface area contributed by atoms with Crippen LogP contribution in [0.2, 0.25) is 0 Å². The molecule has 3 saturated heterocycles. The molecule has 10 nitrogen and oxygen atoms in total. The van der Waals surface area contributed by atoms with Crippen LogP contribution < -0.4 is 5.43 Å². The summed E-state index contributed by atoms with van der Waals surface area (Å²) < 4.78 is 5.25. The molecule has 3 fully saturated rings. The Bertz CT molecular complexity index is 512. The third kappa shape index (κ3) is 5.46. The minimum Gasteiger partial charge on any atom is -0.444 e. The van der Waals surface area contributed by atoms with Crippen molar-refractivity contribution in [2.24, 2.45) is 0 Å². The number of piperazine rings is 1. The zero-order valence-electron chi connectivity index (χ0n) is 15.7. The van der Waals surface area contributed by atoms with Gasteiger partial charge in [-0.05, 0) is 33.6 Å². The summed E-state index contributed by atoms with van der Waals surface area (Å²) in [7, 11) is 0. The van der Waals surface area contributed by atoms with Gasteiger partial charge in [0.1, 0.15) is 5.60 Å². The van der Waals surface area contributed by atoms with Crippen molar-refractivity contribution in [2.75, 3.05) is 39.3 Å². The molecule has 4 amide bonds. The molecule has 0 radical (unpaired) electrons. The largest absolute Gasteiger partial charge is 0.444 e. The van der Waals surface area contributed by atoms with Gasteiger partial charge in [0, 0.05) is 39.3 Å². The minimum atomic E-state index is -0.463. The van der Waals surface area contributed by atoms with E-state index < -0.39 is 5.60 Å². The lowest BCUT2D eigenvalue weighted by atomic mass is 10.1. The van der Waals surface area contributed by atoms with Crippen molar-refractivity contribution in [3.8, 4) is 0 Å². The number of rotatable bonds is 2. The molecule has 2 N–H and O–H groups in total. The lowest BCUT2D eigenvalue weighted by molar-refractivity contribution is -0.114. The normalized spacial score (nSPS) is 23.3. The lowest BCUT2D eigenvalue weighted by Gasteiger charge is -2.34. The number of urea groups is 1. The number of ether oxygens (including phenoxy) is 1. The van der Waals surface area contributed by atoms with Crippen LogP contribution >= 0.6 is 0 Å². The molecule has 26 heavy (non-hydrogen) atoms. The summed E-state index contributed by atoms with van der Waals surface area (Å²) in [6, 6.07) is -0.149. The molecule has 10 heteroatoms. The van der Waals surface area contributed by atoms with E-state index in [-0.39, 0.29) is 18.2 Å². The maximum atomic E-state index is 11.7. The van der Waals surface area contributed by atoms with Crippen LogP contribution in [0, 0.1) is 0 Å². The van der Waals surface area contributed by atoms with E-state index in [1.807, 2.05) is 20.8 Å². The molecule has 0 aromatic carbocycles. The predicted molar refractivity (Wildman–Crippen MR) is 92.2 cm³/mol. The van der Waals surface area contributed by atoms with E-state index in [4.69, 9.17) is 9.94 Å². The number of hydrazine groups is 1. The van der Waals surface area contributed by atoms with E-state index in [9.17, 15) is 14.4 Å². The molecule has 3 heterocycles. The summed E-state index contributed by atoms with van der Waals surface area (Å²) in [6.07, 6.45) is 2.31. The van der Waals surface area contributed by atoms with Crippen molar-refractivity contribution in [1.82, 2.24) is 25.3 Å².